The van der Waals surface area contributed by atoms with Gasteiger partial charge in [-0.3, -0.25) is 0 Å². The van der Waals surface area contributed by atoms with E-state index >= 15 is 0 Å². The first kappa shape index (κ1) is 9.06. The number of nitrogens with zero attached hydrogens (tertiary/aromatic N) is 2. The highest BCUT2D eigenvalue weighted by Crippen LogP contribution is 2.28. The third kappa shape index (κ3) is 1.25. The smallest absolute Gasteiger partial charge is 0.118 e. The van der Waals surface area contributed by atoms with Crippen LogP contribution in [0.2, 0.25) is 0 Å². The minimum absolute atomic E-state index is 0.292. The van der Waals surface area contributed by atoms with E-state index < -0.39 is 0 Å². The average molecular weight is 190 g/mol. The first-order valence-electron chi connectivity index (χ1n) is 4.73. The predicted molar refractivity (Wildman–Crippen MR) is 56.5 cm³/mol. The van der Waals surface area contributed by atoms with Crippen LogP contribution in [0.5, 0.6) is 5.75 Å². The average Bonchev–Trinajstić information content (AvgIpc) is 2.46. The lowest BCUT2D eigenvalue weighted by Gasteiger charge is -2.09. The highest BCUT2D eigenvalue weighted by molar-refractivity contribution is 5.81. The zero-order valence-corrected chi connectivity index (χ0v) is 8.65. The van der Waals surface area contributed by atoms with Crippen LogP contribution in [0.3, 0.4) is 0 Å². The molecular formula is C11H14N2O. The molecule has 0 aliphatic rings. The fourth-order valence-electron chi connectivity index (χ4n) is 1.76. The van der Waals surface area contributed by atoms with Gasteiger partial charge in [-0.05, 0) is 17.5 Å². The van der Waals surface area contributed by atoms with Crippen LogP contribution in [0.15, 0.2) is 18.5 Å². The van der Waals surface area contributed by atoms with Gasteiger partial charge in [0.1, 0.15) is 5.75 Å². The molecule has 0 spiro atoms. The van der Waals surface area contributed by atoms with Crippen LogP contribution in [-0.2, 0) is 7.05 Å². The Hall–Kier alpha value is -1.51. The number of aromatic nitrogens is 2. The molecule has 1 N–H and O–H groups in total. The molecule has 1 aromatic heterocycles. The molecule has 14 heavy (non-hydrogen) atoms. The zero-order valence-electron chi connectivity index (χ0n) is 8.65. The van der Waals surface area contributed by atoms with Crippen molar-refractivity contribution in [1.29, 1.82) is 0 Å². The molecule has 0 aliphatic carbocycles. The highest BCUT2D eigenvalue weighted by Gasteiger charge is 2.10. The minimum atomic E-state index is 0.292. The molecule has 3 nitrogen and oxygen atoms in total. The lowest BCUT2D eigenvalue weighted by molar-refractivity contribution is 0.475. The van der Waals surface area contributed by atoms with Crippen molar-refractivity contribution in [1.82, 2.24) is 9.55 Å². The molecule has 3 heteroatoms. The molecule has 0 atom stereocenters. The molecule has 0 saturated carbocycles. The van der Waals surface area contributed by atoms with Crippen LogP contribution >= 0.6 is 0 Å². The summed E-state index contributed by atoms with van der Waals surface area (Å²) in [5.74, 6) is 0.680. The van der Waals surface area contributed by atoms with Gasteiger partial charge in [0.25, 0.3) is 0 Å². The van der Waals surface area contributed by atoms with Crippen molar-refractivity contribution in [2.75, 3.05) is 0 Å². The molecular weight excluding hydrogens is 176 g/mol. The maximum atomic E-state index is 9.52. The molecule has 0 fully saturated rings. The van der Waals surface area contributed by atoms with E-state index in [9.17, 15) is 5.11 Å². The third-order valence-corrected chi connectivity index (χ3v) is 2.45. The van der Waals surface area contributed by atoms with Crippen LogP contribution < -0.4 is 0 Å². The van der Waals surface area contributed by atoms with Crippen LogP contribution in [0.1, 0.15) is 25.3 Å². The van der Waals surface area contributed by atoms with E-state index in [-0.39, 0.29) is 0 Å². The van der Waals surface area contributed by atoms with E-state index in [1.165, 1.54) is 0 Å². The van der Waals surface area contributed by atoms with Gasteiger partial charge in [-0.1, -0.05) is 13.8 Å². The second-order valence-electron chi connectivity index (χ2n) is 3.91. The maximum Gasteiger partial charge on any atom is 0.118 e. The Labute approximate surface area is 83.0 Å². The van der Waals surface area contributed by atoms with Crippen molar-refractivity contribution in [3.63, 3.8) is 0 Å². The van der Waals surface area contributed by atoms with Gasteiger partial charge < -0.3 is 9.67 Å². The van der Waals surface area contributed by atoms with Gasteiger partial charge in [0.05, 0.1) is 17.4 Å². The molecule has 74 valence electrons. The van der Waals surface area contributed by atoms with Gasteiger partial charge in [0.2, 0.25) is 0 Å². The number of hydrogen-bond donors (Lipinski definition) is 1. The van der Waals surface area contributed by atoms with Crippen molar-refractivity contribution >= 4 is 11.0 Å². The molecule has 1 aromatic carbocycles. The van der Waals surface area contributed by atoms with E-state index in [1.807, 2.05) is 17.7 Å². The number of fused-ring (bicyclic) bond motifs is 1. The minimum Gasteiger partial charge on any atom is -0.508 e. The Morgan fingerprint density at radius 3 is 2.71 bits per heavy atom. The summed E-state index contributed by atoms with van der Waals surface area (Å²) in [5, 5.41) is 9.52. The number of phenolic OH excluding ortho intramolecular Hbond substituents is 1. The largest absolute Gasteiger partial charge is 0.508 e. The van der Waals surface area contributed by atoms with Crippen LogP contribution in [0.25, 0.3) is 11.0 Å². The number of aromatic hydroxyl groups is 1. The monoisotopic (exact) mass is 190 g/mol. The van der Waals surface area contributed by atoms with Crippen molar-refractivity contribution in [2.24, 2.45) is 7.05 Å². The first-order chi connectivity index (χ1) is 6.59. The fourth-order valence-corrected chi connectivity index (χ4v) is 1.76. The molecule has 0 saturated heterocycles. The second kappa shape index (κ2) is 3.01. The summed E-state index contributed by atoms with van der Waals surface area (Å²) in [6.45, 7) is 4.22. The van der Waals surface area contributed by atoms with Gasteiger partial charge in [-0.25, -0.2) is 4.98 Å². The van der Waals surface area contributed by atoms with Crippen molar-refractivity contribution in [3.05, 3.63) is 24.0 Å². The van der Waals surface area contributed by atoms with Crippen molar-refractivity contribution < 1.29 is 5.11 Å². The van der Waals surface area contributed by atoms with Crippen molar-refractivity contribution in [3.8, 4) is 5.75 Å². The van der Waals surface area contributed by atoms with E-state index in [4.69, 9.17) is 0 Å². The second-order valence-corrected chi connectivity index (χ2v) is 3.91. The zero-order chi connectivity index (χ0) is 10.3. The van der Waals surface area contributed by atoms with E-state index in [0.29, 0.717) is 11.7 Å². The molecule has 0 amide bonds. The number of aryl methyl sites for hydroxylation is 1. The lowest BCUT2D eigenvalue weighted by Crippen LogP contribution is -1.94. The Balaban J connectivity index is 2.83. The Kier molecular flexibility index (Phi) is 1.95. The quantitative estimate of drug-likeness (QED) is 0.749. The lowest BCUT2D eigenvalue weighted by atomic mass is 10.0. The number of imidazole rings is 1. The molecule has 0 aliphatic heterocycles. The topological polar surface area (TPSA) is 38.1 Å². The fraction of sp³-hybridized carbons (Fsp3) is 0.364. The van der Waals surface area contributed by atoms with Crippen LogP contribution in [0.4, 0.5) is 0 Å². The molecule has 2 aromatic rings. The van der Waals surface area contributed by atoms with Gasteiger partial charge in [0, 0.05) is 13.1 Å². The Morgan fingerprint density at radius 2 is 2.07 bits per heavy atom. The summed E-state index contributed by atoms with van der Waals surface area (Å²) in [6, 6.07) is 3.51. The molecule has 2 rings (SSSR count). The summed E-state index contributed by atoms with van der Waals surface area (Å²) in [6.07, 6.45) is 1.77. The SMILES string of the molecule is CC(C)c1cc(O)cc2ncn(C)c12. The molecule has 0 bridgehead atoms. The van der Waals surface area contributed by atoms with E-state index in [2.05, 4.69) is 18.8 Å². The summed E-state index contributed by atoms with van der Waals surface area (Å²) in [4.78, 5) is 4.23. The number of phenols is 1. The van der Waals surface area contributed by atoms with Crippen molar-refractivity contribution in [2.45, 2.75) is 19.8 Å². The number of benzene rings is 1. The predicted octanol–water partition coefficient (Wildman–Crippen LogP) is 2.40. The van der Waals surface area contributed by atoms with Crippen LogP contribution in [0, 0.1) is 0 Å². The van der Waals surface area contributed by atoms with Gasteiger partial charge >= 0.3 is 0 Å². The number of rotatable bonds is 1. The standard InChI is InChI=1S/C11H14N2O/c1-7(2)9-4-8(14)5-10-11(9)13(3)6-12-10/h4-7,14H,1-3H3. The summed E-state index contributed by atoms with van der Waals surface area (Å²) < 4.78 is 1.99. The summed E-state index contributed by atoms with van der Waals surface area (Å²) >= 11 is 0. The number of hydrogen-bond acceptors (Lipinski definition) is 2. The molecule has 1 heterocycles. The first-order valence-corrected chi connectivity index (χ1v) is 4.73. The molecule has 0 unspecified atom stereocenters. The summed E-state index contributed by atoms with van der Waals surface area (Å²) in [5.41, 5.74) is 3.11. The highest BCUT2D eigenvalue weighted by atomic mass is 16.3. The normalized spacial score (nSPS) is 11.4. The third-order valence-electron chi connectivity index (χ3n) is 2.45. The summed E-state index contributed by atoms with van der Waals surface area (Å²) in [7, 11) is 1.97. The molecule has 0 radical (unpaired) electrons. The maximum absolute atomic E-state index is 9.52. The van der Waals surface area contributed by atoms with Gasteiger partial charge in [-0.15, -0.1) is 0 Å². The van der Waals surface area contributed by atoms with Crippen LogP contribution in [-0.4, -0.2) is 14.7 Å². The van der Waals surface area contributed by atoms with E-state index in [0.717, 1.165) is 16.6 Å². The van der Waals surface area contributed by atoms with Gasteiger partial charge in [0.15, 0.2) is 0 Å². The van der Waals surface area contributed by atoms with Gasteiger partial charge in [-0.2, -0.15) is 0 Å². The Bertz CT molecular complexity index is 471. The Morgan fingerprint density at radius 1 is 1.36 bits per heavy atom. The van der Waals surface area contributed by atoms with E-state index in [1.54, 1.807) is 12.4 Å².